The predicted octanol–water partition coefficient (Wildman–Crippen LogP) is 4.88. The van der Waals surface area contributed by atoms with Gasteiger partial charge in [-0.15, -0.1) is 0 Å². The van der Waals surface area contributed by atoms with Gasteiger partial charge in [-0.05, 0) is 32.1 Å². The molecular formula is C24H50BrN. The molecule has 0 aliphatic carbocycles. The number of unbranched alkanes of at least 4 members (excludes halogenated alkanes) is 15. The molecule has 1 heterocycles. The first kappa shape index (κ1) is 26.4. The van der Waals surface area contributed by atoms with Crippen LogP contribution in [0.5, 0.6) is 0 Å². The second-order valence-corrected chi connectivity index (χ2v) is 9.15. The fraction of sp³-hybridized carbons (Fsp3) is 1.00. The Balaban J connectivity index is 0.00000625. The Labute approximate surface area is 177 Å². The van der Waals surface area contributed by atoms with E-state index in [1.54, 1.807) is 0 Å². The van der Waals surface area contributed by atoms with Gasteiger partial charge in [0.1, 0.15) is 0 Å². The van der Waals surface area contributed by atoms with Gasteiger partial charge in [0.2, 0.25) is 0 Å². The summed E-state index contributed by atoms with van der Waals surface area (Å²) in [5.74, 6) is 0. The van der Waals surface area contributed by atoms with Crippen molar-refractivity contribution in [1.29, 1.82) is 0 Å². The third-order valence-corrected chi connectivity index (χ3v) is 6.45. The van der Waals surface area contributed by atoms with Gasteiger partial charge in [0, 0.05) is 0 Å². The molecule has 0 amide bonds. The third-order valence-electron chi connectivity index (χ3n) is 6.45. The van der Waals surface area contributed by atoms with Crippen molar-refractivity contribution in [2.45, 2.75) is 129 Å². The van der Waals surface area contributed by atoms with Crippen molar-refractivity contribution in [2.75, 3.05) is 26.7 Å². The monoisotopic (exact) mass is 431 g/mol. The molecule has 0 saturated carbocycles. The molecule has 26 heavy (non-hydrogen) atoms. The normalized spacial score (nSPS) is 16.4. The van der Waals surface area contributed by atoms with E-state index in [0.717, 1.165) is 0 Å². The molecule has 0 aromatic heterocycles. The van der Waals surface area contributed by atoms with Crippen molar-refractivity contribution < 1.29 is 21.5 Å². The van der Waals surface area contributed by atoms with Crippen LogP contribution in [0, 0.1) is 0 Å². The van der Waals surface area contributed by atoms with Gasteiger partial charge in [-0.3, -0.25) is 0 Å². The fourth-order valence-electron chi connectivity index (χ4n) is 4.54. The predicted molar refractivity (Wildman–Crippen MR) is 114 cm³/mol. The van der Waals surface area contributed by atoms with Crippen molar-refractivity contribution in [3.63, 3.8) is 0 Å². The van der Waals surface area contributed by atoms with Crippen LogP contribution in [0.25, 0.3) is 0 Å². The summed E-state index contributed by atoms with van der Waals surface area (Å²) in [5, 5.41) is 0. The summed E-state index contributed by atoms with van der Waals surface area (Å²) in [6.45, 7) is 6.63. The molecule has 0 unspecified atom stereocenters. The number of piperidine rings is 1. The molecule has 1 nitrogen and oxygen atoms in total. The second kappa shape index (κ2) is 18.8. The van der Waals surface area contributed by atoms with Gasteiger partial charge in [-0.25, -0.2) is 0 Å². The maximum absolute atomic E-state index is 2.49. The lowest BCUT2D eigenvalue weighted by atomic mass is 10.0. The van der Waals surface area contributed by atoms with E-state index in [0.29, 0.717) is 0 Å². The van der Waals surface area contributed by atoms with E-state index in [-0.39, 0.29) is 17.0 Å². The number of likely N-dealkylation sites (tertiary alicyclic amines) is 1. The van der Waals surface area contributed by atoms with Gasteiger partial charge in [-0.2, -0.15) is 0 Å². The number of halogens is 1. The van der Waals surface area contributed by atoms with Gasteiger partial charge in [0.15, 0.2) is 0 Å². The molecule has 0 bridgehead atoms. The standard InChI is InChI=1S/C24H50N.BrH/c1-3-4-5-6-7-8-9-10-11-12-13-14-15-16-17-19-22-25(2)23-20-18-21-24-25;/h3-24H2,1-2H3;1H/q+1;/p-1. The zero-order valence-corrected chi connectivity index (χ0v) is 20.0. The molecule has 1 rings (SSSR count). The van der Waals surface area contributed by atoms with E-state index in [1.165, 1.54) is 146 Å². The zero-order chi connectivity index (χ0) is 18.1. The van der Waals surface area contributed by atoms with Gasteiger partial charge < -0.3 is 21.5 Å². The Morgan fingerprint density at radius 3 is 1.23 bits per heavy atom. The summed E-state index contributed by atoms with van der Waals surface area (Å²) in [6.07, 6.45) is 28.0. The Morgan fingerprint density at radius 2 is 0.846 bits per heavy atom. The molecular weight excluding hydrogens is 382 g/mol. The minimum atomic E-state index is 0. The van der Waals surface area contributed by atoms with Gasteiger partial charge in [0.25, 0.3) is 0 Å². The van der Waals surface area contributed by atoms with Gasteiger partial charge in [-0.1, -0.05) is 96.8 Å². The number of nitrogens with zero attached hydrogens (tertiary/aromatic N) is 1. The molecule has 1 aliphatic rings. The molecule has 2 heteroatoms. The van der Waals surface area contributed by atoms with Crippen molar-refractivity contribution in [3.8, 4) is 0 Å². The topological polar surface area (TPSA) is 0 Å². The van der Waals surface area contributed by atoms with E-state index < -0.39 is 0 Å². The first-order valence-electron chi connectivity index (χ1n) is 12.1. The molecule has 1 fully saturated rings. The van der Waals surface area contributed by atoms with Crippen LogP contribution in [0.2, 0.25) is 0 Å². The van der Waals surface area contributed by atoms with Crippen LogP contribution in [0.1, 0.15) is 129 Å². The Morgan fingerprint density at radius 1 is 0.500 bits per heavy atom. The van der Waals surface area contributed by atoms with Crippen LogP contribution in [-0.2, 0) is 0 Å². The lowest BCUT2D eigenvalue weighted by molar-refractivity contribution is -0.914. The summed E-state index contributed by atoms with van der Waals surface area (Å²) in [4.78, 5) is 0. The van der Waals surface area contributed by atoms with E-state index in [1.807, 2.05) is 0 Å². The van der Waals surface area contributed by atoms with Crippen molar-refractivity contribution in [1.82, 2.24) is 0 Å². The van der Waals surface area contributed by atoms with Crippen LogP contribution in [0.15, 0.2) is 0 Å². The molecule has 1 aliphatic heterocycles. The molecule has 1 saturated heterocycles. The minimum absolute atomic E-state index is 0. The lowest BCUT2D eigenvalue weighted by Crippen LogP contribution is -3.00. The van der Waals surface area contributed by atoms with Crippen LogP contribution >= 0.6 is 0 Å². The average molecular weight is 433 g/mol. The Bertz CT molecular complexity index is 273. The molecule has 0 radical (unpaired) electrons. The maximum atomic E-state index is 2.49. The SMILES string of the molecule is CCCCCCCCCCCCCCCCCC[N+]1(C)CCCCC1.[Br-]. The Kier molecular flexibility index (Phi) is 19.1. The highest BCUT2D eigenvalue weighted by molar-refractivity contribution is 4.53. The highest BCUT2D eigenvalue weighted by atomic mass is 79.9. The number of quaternary nitrogens is 1. The molecule has 0 spiro atoms. The van der Waals surface area contributed by atoms with Crippen LogP contribution < -0.4 is 17.0 Å². The maximum Gasteiger partial charge on any atom is 0.0784 e. The van der Waals surface area contributed by atoms with Crippen LogP contribution in [0.4, 0.5) is 0 Å². The third kappa shape index (κ3) is 15.5. The molecule has 0 N–H and O–H groups in total. The van der Waals surface area contributed by atoms with Gasteiger partial charge in [0.05, 0.1) is 26.7 Å². The van der Waals surface area contributed by atoms with Gasteiger partial charge >= 0.3 is 0 Å². The largest absolute Gasteiger partial charge is 1.00 e. The summed E-state index contributed by atoms with van der Waals surface area (Å²) in [5.41, 5.74) is 0. The smallest absolute Gasteiger partial charge is 0.0784 e. The highest BCUT2D eigenvalue weighted by Gasteiger charge is 2.23. The first-order valence-corrected chi connectivity index (χ1v) is 12.1. The number of hydrogen-bond donors (Lipinski definition) is 0. The Hall–Kier alpha value is 0.440. The molecule has 0 aromatic rings. The quantitative estimate of drug-likeness (QED) is 0.227. The minimum Gasteiger partial charge on any atom is -1.00 e. The van der Waals surface area contributed by atoms with E-state index in [9.17, 15) is 0 Å². The average Bonchev–Trinajstić information content (AvgIpc) is 2.62. The summed E-state index contributed by atoms with van der Waals surface area (Å²) >= 11 is 0. The van der Waals surface area contributed by atoms with E-state index in [4.69, 9.17) is 0 Å². The summed E-state index contributed by atoms with van der Waals surface area (Å²) in [6, 6.07) is 0. The van der Waals surface area contributed by atoms with Crippen molar-refractivity contribution in [2.24, 2.45) is 0 Å². The first-order chi connectivity index (χ1) is 12.3. The molecule has 0 aromatic carbocycles. The number of hydrogen-bond acceptors (Lipinski definition) is 0. The fourth-order valence-corrected chi connectivity index (χ4v) is 4.54. The summed E-state index contributed by atoms with van der Waals surface area (Å²) in [7, 11) is 2.49. The molecule has 158 valence electrons. The van der Waals surface area contributed by atoms with Crippen LogP contribution in [-0.4, -0.2) is 31.2 Å². The number of rotatable bonds is 17. The highest BCUT2D eigenvalue weighted by Crippen LogP contribution is 2.18. The van der Waals surface area contributed by atoms with E-state index in [2.05, 4.69) is 14.0 Å². The second-order valence-electron chi connectivity index (χ2n) is 9.15. The molecule has 0 atom stereocenters. The summed E-state index contributed by atoms with van der Waals surface area (Å²) < 4.78 is 1.37. The zero-order valence-electron chi connectivity index (χ0n) is 18.4. The van der Waals surface area contributed by atoms with Crippen LogP contribution in [0.3, 0.4) is 0 Å². The lowest BCUT2D eigenvalue weighted by Gasteiger charge is -2.37. The van der Waals surface area contributed by atoms with E-state index >= 15 is 0 Å². The van der Waals surface area contributed by atoms with Crippen molar-refractivity contribution in [3.05, 3.63) is 0 Å². The van der Waals surface area contributed by atoms with Crippen molar-refractivity contribution >= 4 is 0 Å².